The van der Waals surface area contributed by atoms with E-state index in [1.54, 1.807) is 26.8 Å². The molecule has 1 aromatic carbocycles. The number of hydrogen-bond acceptors (Lipinski definition) is 14. The summed E-state index contributed by atoms with van der Waals surface area (Å²) in [5.41, 5.74) is -0.0478. The molecule has 0 unspecified atom stereocenters. The number of carbonyl (C=O) groups is 5. The first-order chi connectivity index (χ1) is 28.2. The van der Waals surface area contributed by atoms with Gasteiger partial charge in [-0.2, -0.15) is 0 Å². The van der Waals surface area contributed by atoms with Gasteiger partial charge in [-0.1, -0.05) is 68.3 Å². The van der Waals surface area contributed by atoms with Gasteiger partial charge in [-0.25, -0.2) is 4.79 Å². The Morgan fingerprint density at radius 1 is 0.763 bits per heavy atom. The number of ketones is 1. The summed E-state index contributed by atoms with van der Waals surface area (Å²) < 4.78 is 26.2. The third-order valence-corrected chi connectivity index (χ3v) is 10.1. The van der Waals surface area contributed by atoms with Gasteiger partial charge < -0.3 is 44.3 Å². The van der Waals surface area contributed by atoms with Gasteiger partial charge in [0, 0.05) is 44.7 Å². The molecule has 0 spiro atoms. The number of carboxylic acid groups (broad SMARTS) is 1. The Morgan fingerprint density at radius 3 is 1.78 bits per heavy atom. The van der Waals surface area contributed by atoms with E-state index in [-0.39, 0.29) is 35.4 Å². The summed E-state index contributed by atoms with van der Waals surface area (Å²) in [6.45, 7) is 16.6. The van der Waals surface area contributed by atoms with Crippen molar-refractivity contribution in [2.75, 3.05) is 59.2 Å². The molecular weight excluding hydrogens is 766 g/mol. The van der Waals surface area contributed by atoms with Crippen LogP contribution < -0.4 is 16.0 Å². The molecule has 0 radical (unpaired) electrons. The largest absolute Gasteiger partial charge is 0.476 e. The van der Waals surface area contributed by atoms with E-state index in [2.05, 4.69) is 36.1 Å². The fourth-order valence-electron chi connectivity index (χ4n) is 6.61. The highest BCUT2D eigenvalue weighted by molar-refractivity contribution is 5.99. The van der Waals surface area contributed by atoms with Crippen LogP contribution in [0.25, 0.3) is 0 Å². The van der Waals surface area contributed by atoms with Gasteiger partial charge in [0.25, 0.3) is 5.91 Å². The number of aromatic carboxylic acids is 1. The number of amides is 3. The normalized spacial score (nSPS) is 19.8. The number of nitrogens with one attached hydrogen (secondary N) is 3. The van der Waals surface area contributed by atoms with Crippen molar-refractivity contribution in [2.45, 2.75) is 84.3 Å². The van der Waals surface area contributed by atoms with Gasteiger partial charge in [0.05, 0.1) is 52.2 Å². The van der Waals surface area contributed by atoms with Crippen molar-refractivity contribution in [1.82, 2.24) is 36.1 Å². The van der Waals surface area contributed by atoms with Crippen LogP contribution in [0, 0.1) is 11.8 Å². The Balaban J connectivity index is 0.000000367. The molecule has 3 aromatic rings. The molecule has 0 aliphatic carbocycles. The molecule has 4 N–H and O–H groups in total. The predicted molar refractivity (Wildman–Crippen MR) is 211 cm³/mol. The first-order valence-corrected chi connectivity index (χ1v) is 20.1. The van der Waals surface area contributed by atoms with Crippen molar-refractivity contribution < 1.29 is 52.3 Å². The van der Waals surface area contributed by atoms with Crippen LogP contribution in [0.3, 0.4) is 0 Å². The van der Waals surface area contributed by atoms with Crippen LogP contribution in [0.4, 0.5) is 0 Å². The van der Waals surface area contributed by atoms with Gasteiger partial charge in [-0.05, 0) is 30.7 Å². The zero-order valence-electron chi connectivity index (χ0n) is 34.4. The maximum absolute atomic E-state index is 13.7. The Labute approximate surface area is 343 Å². The van der Waals surface area contributed by atoms with Crippen LogP contribution in [0.15, 0.2) is 51.5 Å². The van der Waals surface area contributed by atoms with E-state index in [9.17, 15) is 24.0 Å². The van der Waals surface area contributed by atoms with E-state index in [0.717, 1.165) is 31.7 Å². The monoisotopic (exact) mass is 823 g/mol. The number of Topliss-reactive ketones (excluding diaryl/α,β-unsaturated/α-hetero) is 1. The van der Waals surface area contributed by atoms with E-state index in [1.807, 2.05) is 44.2 Å². The number of epoxide rings is 1. The summed E-state index contributed by atoms with van der Waals surface area (Å²) in [5.74, 6) is -1.85. The van der Waals surface area contributed by atoms with Crippen molar-refractivity contribution in [3.63, 3.8) is 0 Å². The van der Waals surface area contributed by atoms with Crippen molar-refractivity contribution in [1.29, 1.82) is 0 Å². The minimum Gasteiger partial charge on any atom is -0.476 e. The van der Waals surface area contributed by atoms with Gasteiger partial charge in [0.1, 0.15) is 17.7 Å². The van der Waals surface area contributed by atoms with Gasteiger partial charge >= 0.3 is 5.97 Å². The highest BCUT2D eigenvalue weighted by Crippen LogP contribution is 2.29. The van der Waals surface area contributed by atoms with E-state index in [4.69, 9.17) is 28.4 Å². The summed E-state index contributed by atoms with van der Waals surface area (Å²) in [7, 11) is 0. The van der Waals surface area contributed by atoms with Crippen molar-refractivity contribution >= 4 is 29.5 Å². The maximum atomic E-state index is 13.7. The lowest BCUT2D eigenvalue weighted by Gasteiger charge is -2.27. The molecule has 18 heteroatoms. The van der Waals surface area contributed by atoms with Gasteiger partial charge in [-0.3, -0.25) is 29.0 Å². The number of rotatable bonds is 18. The van der Waals surface area contributed by atoms with E-state index < -0.39 is 47.4 Å². The zero-order valence-corrected chi connectivity index (χ0v) is 34.4. The standard InChI is InChI=1S/C32H45N5O7.C9H12N2O4/c1-20(2)15-24(28(38)32(5)19-43-32)33-29(39)25(16-22-9-7-6-8-10-22)34-31(41)27(21(3)4)35-30(40)26-17-23(44-36-26)18-37-11-13-42-14-12-37;12-9(13)8-5-7(15-10-8)6-11-1-3-14-4-2-11/h6-10,17,20-21,24-25,27H,11-16,18-19H2,1-5H3,(H,33,39)(H,34,41)(H,35,40);5H,1-4,6H2,(H,12,13)/t24-,25-,27-,32+;/m0./s1. The molecule has 3 amide bonds. The molecular formula is C41H57N7O11. The number of aromatic nitrogens is 2. The Bertz CT molecular complexity index is 1850. The molecule has 3 fully saturated rings. The van der Waals surface area contributed by atoms with E-state index in [1.165, 1.54) is 6.07 Å². The number of hydrogen-bond donors (Lipinski definition) is 4. The van der Waals surface area contributed by atoms with Gasteiger partial charge in [-0.15, -0.1) is 0 Å². The van der Waals surface area contributed by atoms with Gasteiger partial charge in [0.15, 0.2) is 28.7 Å². The van der Waals surface area contributed by atoms with Gasteiger partial charge in [0.2, 0.25) is 11.8 Å². The molecule has 0 bridgehead atoms. The highest BCUT2D eigenvalue weighted by atomic mass is 16.6. The number of ether oxygens (including phenoxy) is 3. The fourth-order valence-corrected chi connectivity index (χ4v) is 6.61. The van der Waals surface area contributed by atoms with E-state index >= 15 is 0 Å². The molecule has 18 nitrogen and oxygen atoms in total. The lowest BCUT2D eigenvalue weighted by molar-refractivity contribution is -0.133. The Hall–Kier alpha value is -5.01. The molecule has 3 saturated heterocycles. The van der Waals surface area contributed by atoms with Crippen molar-refractivity contribution in [2.24, 2.45) is 11.8 Å². The van der Waals surface area contributed by atoms with Crippen LogP contribution in [-0.2, 0) is 48.1 Å². The quantitative estimate of drug-likeness (QED) is 0.135. The summed E-state index contributed by atoms with van der Waals surface area (Å²) in [4.78, 5) is 68.5. The number of carbonyl (C=O) groups excluding carboxylic acids is 4. The number of morpholine rings is 2. The second-order valence-corrected chi connectivity index (χ2v) is 16.0. The number of nitrogens with zero attached hydrogens (tertiary/aromatic N) is 4. The molecule has 3 aliphatic rings. The predicted octanol–water partition coefficient (Wildman–Crippen LogP) is 2.08. The third kappa shape index (κ3) is 13.8. The summed E-state index contributed by atoms with van der Waals surface area (Å²) >= 11 is 0. The maximum Gasteiger partial charge on any atom is 0.358 e. The Morgan fingerprint density at radius 2 is 1.29 bits per heavy atom. The second-order valence-electron chi connectivity index (χ2n) is 16.0. The molecule has 3 aliphatic heterocycles. The topological polar surface area (TPSA) is 231 Å². The molecule has 6 rings (SSSR count). The highest BCUT2D eigenvalue weighted by Gasteiger charge is 2.50. The SMILES string of the molecule is CC(C)C[C@H](NC(=O)[C@H](Cc1ccccc1)NC(=O)[C@@H](NC(=O)c1cc(CN2CCOCC2)on1)C(C)C)C(=O)[C@@]1(C)CO1.O=C(O)c1cc(CN2CCOCC2)on1. The smallest absolute Gasteiger partial charge is 0.358 e. The first kappa shape index (κ1) is 45.1. The fraction of sp³-hybridized carbons (Fsp3) is 0.585. The molecule has 322 valence electrons. The summed E-state index contributed by atoms with van der Waals surface area (Å²) in [6.07, 6.45) is 0.632. The molecule has 2 aromatic heterocycles. The van der Waals surface area contributed by atoms with Crippen LogP contribution in [0.1, 0.15) is 79.1 Å². The van der Waals surface area contributed by atoms with Crippen LogP contribution >= 0.6 is 0 Å². The summed E-state index contributed by atoms with van der Waals surface area (Å²) in [6, 6.07) is 9.61. The number of benzene rings is 1. The lowest BCUT2D eigenvalue weighted by atomic mass is 9.93. The third-order valence-electron chi connectivity index (χ3n) is 10.1. The number of carboxylic acids is 1. The van der Waals surface area contributed by atoms with E-state index in [0.29, 0.717) is 64.1 Å². The molecule has 5 heterocycles. The molecule has 0 saturated carbocycles. The van der Waals surface area contributed by atoms with Crippen molar-refractivity contribution in [3.8, 4) is 0 Å². The van der Waals surface area contributed by atoms with Crippen molar-refractivity contribution in [3.05, 3.63) is 70.9 Å². The molecule has 4 atom stereocenters. The minimum atomic E-state index is -1.06. The zero-order chi connectivity index (χ0) is 42.5. The van der Waals surface area contributed by atoms with Crippen LogP contribution in [0.5, 0.6) is 0 Å². The van der Waals surface area contributed by atoms with Crippen LogP contribution in [0.2, 0.25) is 0 Å². The van der Waals surface area contributed by atoms with Crippen LogP contribution in [-0.4, -0.2) is 138 Å². The average molecular weight is 824 g/mol. The first-order valence-electron chi connectivity index (χ1n) is 20.1. The Kier molecular flexibility index (Phi) is 16.3. The average Bonchev–Trinajstić information content (AvgIpc) is 3.54. The minimum absolute atomic E-state index is 0.0433. The second kappa shape index (κ2) is 21.3. The summed E-state index contributed by atoms with van der Waals surface area (Å²) in [5, 5.41) is 24.5. The molecule has 59 heavy (non-hydrogen) atoms. The lowest BCUT2D eigenvalue weighted by Crippen LogP contribution is -2.58.